The van der Waals surface area contributed by atoms with Gasteiger partial charge in [0.1, 0.15) is 6.54 Å². The number of carboxylic acid groups (broad SMARTS) is 1. The third-order valence-corrected chi connectivity index (χ3v) is 5.97. The summed E-state index contributed by atoms with van der Waals surface area (Å²) in [4.78, 5) is 49.8. The number of imide groups is 1. The third-order valence-electron chi connectivity index (χ3n) is 5.06. The van der Waals surface area contributed by atoms with Gasteiger partial charge in [-0.05, 0) is 67.4 Å². The first-order chi connectivity index (χ1) is 16.1. The Kier molecular flexibility index (Phi) is 7.62. The van der Waals surface area contributed by atoms with Crippen molar-refractivity contribution in [3.63, 3.8) is 0 Å². The SMILES string of the molecule is COc1cc(C=C2SC(=O)N(CC(=O)Nc3c(C)cccc3C)C2=O)ccc1OC(C)C(=O)O. The van der Waals surface area contributed by atoms with Crippen LogP contribution in [0.4, 0.5) is 10.5 Å². The number of carboxylic acids is 1. The Morgan fingerprint density at radius 2 is 1.82 bits per heavy atom. The monoisotopic (exact) mass is 484 g/mol. The molecule has 1 atom stereocenters. The number of thioether (sulfide) groups is 1. The summed E-state index contributed by atoms with van der Waals surface area (Å²) in [5.41, 5.74) is 2.95. The second-order valence-electron chi connectivity index (χ2n) is 7.59. The number of aryl methyl sites for hydroxylation is 2. The summed E-state index contributed by atoms with van der Waals surface area (Å²) >= 11 is 0.732. The summed E-state index contributed by atoms with van der Waals surface area (Å²) in [6.45, 7) is 4.71. The zero-order valence-corrected chi connectivity index (χ0v) is 19.9. The number of aliphatic carboxylic acids is 1. The number of carbonyl (C=O) groups excluding carboxylic acids is 3. The molecular weight excluding hydrogens is 460 g/mol. The first-order valence-electron chi connectivity index (χ1n) is 10.3. The number of nitrogens with one attached hydrogen (secondary N) is 1. The van der Waals surface area contributed by atoms with Gasteiger partial charge in [0.25, 0.3) is 11.1 Å². The van der Waals surface area contributed by atoms with Crippen LogP contribution >= 0.6 is 11.8 Å². The quantitative estimate of drug-likeness (QED) is 0.542. The van der Waals surface area contributed by atoms with Gasteiger partial charge in [0.2, 0.25) is 5.91 Å². The highest BCUT2D eigenvalue weighted by molar-refractivity contribution is 8.18. The number of anilines is 1. The molecule has 3 rings (SSSR count). The van der Waals surface area contributed by atoms with E-state index in [0.29, 0.717) is 11.3 Å². The molecule has 3 amide bonds. The van der Waals surface area contributed by atoms with Crippen molar-refractivity contribution >= 4 is 46.5 Å². The number of hydrogen-bond donors (Lipinski definition) is 2. The van der Waals surface area contributed by atoms with Crippen molar-refractivity contribution in [1.82, 2.24) is 4.90 Å². The summed E-state index contributed by atoms with van der Waals surface area (Å²) in [6.07, 6.45) is 0.423. The van der Waals surface area contributed by atoms with E-state index in [0.717, 1.165) is 27.8 Å². The second-order valence-corrected chi connectivity index (χ2v) is 8.58. The van der Waals surface area contributed by atoms with Crippen molar-refractivity contribution in [2.45, 2.75) is 26.9 Å². The number of rotatable bonds is 8. The molecule has 1 aliphatic heterocycles. The predicted molar refractivity (Wildman–Crippen MR) is 128 cm³/mol. The summed E-state index contributed by atoms with van der Waals surface area (Å²) in [6, 6.07) is 10.3. The molecule has 2 aromatic carbocycles. The predicted octanol–water partition coefficient (Wildman–Crippen LogP) is 3.84. The highest BCUT2D eigenvalue weighted by Crippen LogP contribution is 2.35. The molecule has 1 unspecified atom stereocenters. The zero-order valence-electron chi connectivity index (χ0n) is 19.1. The first-order valence-corrected chi connectivity index (χ1v) is 11.1. The lowest BCUT2D eigenvalue weighted by Crippen LogP contribution is -2.36. The fraction of sp³-hybridized carbons (Fsp3) is 0.250. The minimum Gasteiger partial charge on any atom is -0.493 e. The summed E-state index contributed by atoms with van der Waals surface area (Å²) in [5, 5.41) is 11.2. The summed E-state index contributed by atoms with van der Waals surface area (Å²) < 4.78 is 10.6. The van der Waals surface area contributed by atoms with E-state index in [1.807, 2.05) is 32.0 Å². The van der Waals surface area contributed by atoms with Crippen molar-refractivity contribution in [2.75, 3.05) is 19.0 Å². The number of methoxy groups -OCH3 is 1. The molecule has 10 heteroatoms. The van der Waals surface area contributed by atoms with Crippen LogP contribution in [0.1, 0.15) is 23.6 Å². The van der Waals surface area contributed by atoms with E-state index < -0.39 is 35.7 Å². The van der Waals surface area contributed by atoms with Gasteiger partial charge in [-0.25, -0.2) is 4.79 Å². The summed E-state index contributed by atoms with van der Waals surface area (Å²) in [5.74, 6) is -1.68. The maximum Gasteiger partial charge on any atom is 0.344 e. The van der Waals surface area contributed by atoms with Crippen LogP contribution in [0, 0.1) is 13.8 Å². The Morgan fingerprint density at radius 3 is 2.44 bits per heavy atom. The number of amides is 3. The van der Waals surface area contributed by atoms with Gasteiger partial charge in [-0.3, -0.25) is 19.3 Å². The van der Waals surface area contributed by atoms with Crippen LogP contribution in [-0.2, 0) is 14.4 Å². The van der Waals surface area contributed by atoms with Gasteiger partial charge in [-0.15, -0.1) is 0 Å². The van der Waals surface area contributed by atoms with Crippen LogP contribution in [0.25, 0.3) is 6.08 Å². The number of hydrogen-bond acceptors (Lipinski definition) is 7. The maximum absolute atomic E-state index is 12.8. The normalized spacial score (nSPS) is 15.4. The Labute approximate surface area is 200 Å². The zero-order chi connectivity index (χ0) is 25.0. The molecular formula is C24H24N2O7S. The van der Waals surface area contributed by atoms with Crippen molar-refractivity contribution in [3.05, 3.63) is 58.0 Å². The molecule has 2 aromatic rings. The minimum atomic E-state index is -1.12. The molecule has 0 aromatic heterocycles. The summed E-state index contributed by atoms with van der Waals surface area (Å²) in [7, 11) is 1.40. The average Bonchev–Trinajstić information content (AvgIpc) is 3.04. The van der Waals surface area contributed by atoms with Gasteiger partial charge in [-0.2, -0.15) is 0 Å². The molecule has 0 bridgehead atoms. The Bertz CT molecular complexity index is 1170. The van der Waals surface area contributed by atoms with Crippen LogP contribution in [0.5, 0.6) is 11.5 Å². The molecule has 2 N–H and O–H groups in total. The Balaban J connectivity index is 1.74. The van der Waals surface area contributed by atoms with Gasteiger partial charge in [-0.1, -0.05) is 24.3 Å². The van der Waals surface area contributed by atoms with Gasteiger partial charge >= 0.3 is 5.97 Å². The topological polar surface area (TPSA) is 122 Å². The largest absolute Gasteiger partial charge is 0.493 e. The molecule has 1 fully saturated rings. The second kappa shape index (κ2) is 10.4. The van der Waals surface area contributed by atoms with E-state index in [9.17, 15) is 19.2 Å². The molecule has 1 heterocycles. The van der Waals surface area contributed by atoms with Crippen LogP contribution < -0.4 is 14.8 Å². The highest BCUT2D eigenvalue weighted by Gasteiger charge is 2.36. The van der Waals surface area contributed by atoms with Crippen LogP contribution in [0.3, 0.4) is 0 Å². The van der Waals surface area contributed by atoms with Gasteiger partial charge in [0, 0.05) is 5.69 Å². The van der Waals surface area contributed by atoms with Gasteiger partial charge < -0.3 is 19.9 Å². The average molecular weight is 485 g/mol. The Morgan fingerprint density at radius 1 is 1.15 bits per heavy atom. The van der Waals surface area contributed by atoms with E-state index >= 15 is 0 Å². The lowest BCUT2D eigenvalue weighted by Gasteiger charge is -2.15. The van der Waals surface area contributed by atoms with E-state index in [1.165, 1.54) is 26.2 Å². The minimum absolute atomic E-state index is 0.152. The van der Waals surface area contributed by atoms with E-state index in [1.54, 1.807) is 12.1 Å². The van der Waals surface area contributed by atoms with E-state index in [4.69, 9.17) is 14.6 Å². The molecule has 0 aliphatic carbocycles. The van der Waals surface area contributed by atoms with Gasteiger partial charge in [0.15, 0.2) is 17.6 Å². The molecule has 34 heavy (non-hydrogen) atoms. The number of ether oxygens (including phenoxy) is 2. The van der Waals surface area contributed by atoms with Gasteiger partial charge in [0.05, 0.1) is 12.0 Å². The molecule has 9 nitrogen and oxygen atoms in total. The first kappa shape index (κ1) is 24.8. The molecule has 1 saturated heterocycles. The van der Waals surface area contributed by atoms with Crippen molar-refractivity contribution in [3.8, 4) is 11.5 Å². The molecule has 0 saturated carbocycles. The van der Waals surface area contributed by atoms with Crippen molar-refractivity contribution in [2.24, 2.45) is 0 Å². The fourth-order valence-corrected chi connectivity index (χ4v) is 4.07. The molecule has 0 radical (unpaired) electrons. The van der Waals surface area contributed by atoms with Crippen LogP contribution in [0.15, 0.2) is 41.3 Å². The standard InChI is InChI=1S/C24H24N2O7S/c1-13-6-5-7-14(2)21(13)25-20(27)12-26-22(28)19(34-24(26)31)11-16-8-9-17(18(10-16)32-4)33-15(3)23(29)30/h5-11,15H,12H2,1-4H3,(H,25,27)(H,29,30). The third kappa shape index (κ3) is 5.57. The molecule has 1 aliphatic rings. The number of carbonyl (C=O) groups is 4. The van der Waals surface area contributed by atoms with E-state index in [-0.39, 0.29) is 16.4 Å². The smallest absolute Gasteiger partial charge is 0.344 e. The lowest BCUT2D eigenvalue weighted by molar-refractivity contribution is -0.144. The maximum atomic E-state index is 12.8. The fourth-order valence-electron chi connectivity index (χ4n) is 3.23. The number of benzene rings is 2. The molecule has 178 valence electrons. The van der Waals surface area contributed by atoms with Crippen molar-refractivity contribution in [1.29, 1.82) is 0 Å². The lowest BCUT2D eigenvalue weighted by atomic mass is 10.1. The Hall–Kier alpha value is -3.79. The van der Waals surface area contributed by atoms with Crippen LogP contribution in [0.2, 0.25) is 0 Å². The number of nitrogens with zero attached hydrogens (tertiary/aromatic N) is 1. The highest BCUT2D eigenvalue weighted by atomic mass is 32.2. The van der Waals surface area contributed by atoms with Crippen molar-refractivity contribution < 1.29 is 33.8 Å². The molecule has 0 spiro atoms. The number of para-hydroxylation sites is 1. The van der Waals surface area contributed by atoms with Crippen LogP contribution in [-0.4, -0.2) is 52.8 Å². The van der Waals surface area contributed by atoms with E-state index in [2.05, 4.69) is 5.32 Å².